The predicted molar refractivity (Wildman–Crippen MR) is 197 cm³/mol. The van der Waals surface area contributed by atoms with Gasteiger partial charge in [-0.25, -0.2) is 0 Å². The zero-order valence-corrected chi connectivity index (χ0v) is 31.8. The van der Waals surface area contributed by atoms with Crippen LogP contribution in [0.2, 0.25) is 0 Å². The lowest BCUT2D eigenvalue weighted by molar-refractivity contribution is -0.254. The van der Waals surface area contributed by atoms with Crippen molar-refractivity contribution in [2.75, 3.05) is 26.6 Å². The number of aryl methyl sites for hydroxylation is 1. The van der Waals surface area contributed by atoms with Gasteiger partial charge in [0.25, 0.3) is 0 Å². The summed E-state index contributed by atoms with van der Waals surface area (Å²) in [7, 11) is 0. The van der Waals surface area contributed by atoms with Crippen molar-refractivity contribution in [1.29, 1.82) is 0 Å². The van der Waals surface area contributed by atoms with Gasteiger partial charge < -0.3 is 38.6 Å². The van der Waals surface area contributed by atoms with E-state index in [9.17, 15) is 19.2 Å². The summed E-state index contributed by atoms with van der Waals surface area (Å²) < 4.78 is 39.5. The Bertz CT molecular complexity index is 1600. The van der Waals surface area contributed by atoms with Gasteiger partial charge in [0.15, 0.2) is 18.3 Å². The lowest BCUT2D eigenvalue weighted by Gasteiger charge is -2.46. The molecule has 0 saturated carbocycles. The topological polar surface area (TPSA) is 164 Å². The zero-order chi connectivity index (χ0) is 37.8. The summed E-state index contributed by atoms with van der Waals surface area (Å²) in [6.07, 6.45) is 3.13. The maximum atomic E-state index is 12.4. The molecule has 2 aromatic rings. The number of hydrogen-bond acceptors (Lipinski definition) is 11. The number of carbonyl (C=O) groups is 4. The molecule has 12 nitrogen and oxygen atoms in total. The second-order valence-corrected chi connectivity index (χ2v) is 13.3. The van der Waals surface area contributed by atoms with E-state index in [0.717, 1.165) is 35.1 Å². The standard InChI is InChI=1S/C41H52O11.H2O/c1-8-46-24-47-19-10-9-13-31-15-17-32(18-16-31)21-33-20-26(3)35(34-14-11-12-25(2)38(33)34)22-36-39(49-28(5)43)41(51-30(7)45)40(50-29(6)44)37(52-36)23-48-27(4)42;/h9,11-18,20,26,35-37,39-41H,8,10,19,21-24H2,1-7H3;1H2/b13-9+;/t26?,35?,36-,37+,39-,40+,41+;/m0./s1. The Hall–Kier alpha value is -4.36. The van der Waals surface area contributed by atoms with Gasteiger partial charge >= 0.3 is 23.9 Å². The Kier molecular flexibility index (Phi) is 16.9. The summed E-state index contributed by atoms with van der Waals surface area (Å²) in [5, 5.41) is 0. The molecule has 1 saturated heterocycles. The van der Waals surface area contributed by atoms with Gasteiger partial charge in [-0.3, -0.25) is 19.2 Å². The SMILES string of the molecule is CCOCOCC/C=C/c1ccc(CC2=CC(C)C(C[C@@H]3O[C@H](COC(C)=O)[C@@H](OC(C)=O)[C@H](OC(C)=O)[C@H]3OC(C)=O)c3cccc(C)c32)cc1.O. The van der Waals surface area contributed by atoms with Gasteiger partial charge in [0.1, 0.15) is 19.5 Å². The highest BCUT2D eigenvalue weighted by molar-refractivity contribution is 5.76. The van der Waals surface area contributed by atoms with Crippen LogP contribution in [0, 0.1) is 12.8 Å². The van der Waals surface area contributed by atoms with Crippen LogP contribution in [0.1, 0.15) is 88.1 Å². The molecule has 0 amide bonds. The highest BCUT2D eigenvalue weighted by Crippen LogP contribution is 2.45. The third kappa shape index (κ3) is 12.3. The van der Waals surface area contributed by atoms with Crippen LogP contribution in [0.25, 0.3) is 11.6 Å². The molecule has 7 atom stereocenters. The highest BCUT2D eigenvalue weighted by Gasteiger charge is 2.52. The minimum atomic E-state index is -1.20. The number of allylic oxidation sites excluding steroid dienone is 2. The molecule has 0 bridgehead atoms. The van der Waals surface area contributed by atoms with Gasteiger partial charge in [-0.2, -0.15) is 0 Å². The minimum absolute atomic E-state index is 0. The largest absolute Gasteiger partial charge is 0.463 e. The molecule has 53 heavy (non-hydrogen) atoms. The lowest BCUT2D eigenvalue weighted by Crippen LogP contribution is -2.62. The van der Waals surface area contributed by atoms with Crippen molar-refractivity contribution in [2.24, 2.45) is 5.92 Å². The first-order valence-electron chi connectivity index (χ1n) is 17.9. The quantitative estimate of drug-likeness (QED) is 0.0930. The van der Waals surface area contributed by atoms with E-state index in [2.05, 4.69) is 68.5 Å². The summed E-state index contributed by atoms with van der Waals surface area (Å²) >= 11 is 0. The van der Waals surface area contributed by atoms with Gasteiger partial charge in [0, 0.05) is 34.3 Å². The zero-order valence-electron chi connectivity index (χ0n) is 31.8. The number of carbonyl (C=O) groups excluding carboxylic acids is 4. The normalized spacial score (nSPS) is 23.6. The van der Waals surface area contributed by atoms with E-state index in [0.29, 0.717) is 26.4 Å². The molecule has 1 heterocycles. The molecule has 1 fully saturated rings. The number of fused-ring (bicyclic) bond motifs is 1. The molecule has 4 rings (SSSR count). The van der Waals surface area contributed by atoms with Gasteiger partial charge in [-0.1, -0.05) is 67.6 Å². The first-order chi connectivity index (χ1) is 24.9. The Morgan fingerprint density at radius 3 is 2.08 bits per heavy atom. The number of benzene rings is 2. The number of ether oxygens (including phenoxy) is 7. The van der Waals surface area contributed by atoms with Gasteiger partial charge in [-0.05, 0) is 78.3 Å². The molecule has 12 heteroatoms. The molecule has 2 aromatic carbocycles. The van der Waals surface area contributed by atoms with E-state index in [1.165, 1.54) is 38.8 Å². The highest BCUT2D eigenvalue weighted by atomic mass is 16.7. The Balaban J connectivity index is 0.00000756. The molecule has 1 aliphatic heterocycles. The van der Waals surface area contributed by atoms with Crippen molar-refractivity contribution in [3.05, 3.63) is 82.4 Å². The summed E-state index contributed by atoms with van der Waals surface area (Å²) in [6.45, 7) is 12.4. The molecule has 2 N–H and O–H groups in total. The van der Waals surface area contributed by atoms with E-state index in [4.69, 9.17) is 33.2 Å². The molecule has 0 spiro atoms. The fourth-order valence-electron chi connectivity index (χ4n) is 7.02. The van der Waals surface area contributed by atoms with Crippen molar-refractivity contribution >= 4 is 35.5 Å². The van der Waals surface area contributed by atoms with Crippen LogP contribution in [0.15, 0.2) is 54.6 Å². The van der Waals surface area contributed by atoms with E-state index in [1.807, 2.05) is 13.0 Å². The Labute approximate surface area is 312 Å². The molecule has 2 unspecified atom stereocenters. The van der Waals surface area contributed by atoms with Crippen LogP contribution < -0.4 is 0 Å². The molecule has 0 radical (unpaired) electrons. The first kappa shape index (κ1) is 43.0. The third-order valence-corrected chi connectivity index (χ3v) is 9.18. The third-order valence-electron chi connectivity index (χ3n) is 9.18. The van der Waals surface area contributed by atoms with Crippen molar-refractivity contribution < 1.29 is 57.8 Å². The molecular weight excluding hydrogens is 684 g/mol. The lowest BCUT2D eigenvalue weighted by atomic mass is 9.71. The smallest absolute Gasteiger partial charge is 0.303 e. The van der Waals surface area contributed by atoms with E-state index < -0.39 is 54.4 Å². The second kappa shape index (κ2) is 20.8. The van der Waals surface area contributed by atoms with Crippen molar-refractivity contribution in [3.63, 3.8) is 0 Å². The van der Waals surface area contributed by atoms with E-state index in [-0.39, 0.29) is 23.9 Å². The number of esters is 4. The molecule has 0 aromatic heterocycles. The minimum Gasteiger partial charge on any atom is -0.463 e. The molecular formula is C41H54O12. The average Bonchev–Trinajstić information content (AvgIpc) is 3.07. The van der Waals surface area contributed by atoms with Gasteiger partial charge in [-0.15, -0.1) is 0 Å². The van der Waals surface area contributed by atoms with Gasteiger partial charge in [0.05, 0.1) is 12.7 Å². The maximum absolute atomic E-state index is 12.4. The van der Waals surface area contributed by atoms with Crippen molar-refractivity contribution in [2.45, 2.75) is 104 Å². The van der Waals surface area contributed by atoms with Crippen LogP contribution in [-0.2, 0) is 58.8 Å². The van der Waals surface area contributed by atoms with Crippen LogP contribution >= 0.6 is 0 Å². The summed E-state index contributed by atoms with van der Waals surface area (Å²) in [6, 6.07) is 14.8. The molecule has 290 valence electrons. The molecule has 2 aliphatic rings. The fourth-order valence-corrected chi connectivity index (χ4v) is 7.02. The predicted octanol–water partition coefficient (Wildman–Crippen LogP) is 5.46. The van der Waals surface area contributed by atoms with Crippen molar-refractivity contribution in [1.82, 2.24) is 0 Å². The Morgan fingerprint density at radius 1 is 0.811 bits per heavy atom. The van der Waals surface area contributed by atoms with Crippen LogP contribution in [0.3, 0.4) is 0 Å². The summed E-state index contributed by atoms with van der Waals surface area (Å²) in [5.74, 6) is -2.52. The summed E-state index contributed by atoms with van der Waals surface area (Å²) in [5.41, 5.74) is 6.93. The Morgan fingerprint density at radius 2 is 1.45 bits per heavy atom. The number of hydrogen-bond donors (Lipinski definition) is 0. The van der Waals surface area contributed by atoms with Crippen LogP contribution in [0.4, 0.5) is 0 Å². The summed E-state index contributed by atoms with van der Waals surface area (Å²) in [4.78, 5) is 48.8. The van der Waals surface area contributed by atoms with Gasteiger partial charge in [0.2, 0.25) is 0 Å². The number of rotatable bonds is 16. The maximum Gasteiger partial charge on any atom is 0.303 e. The molecule has 1 aliphatic carbocycles. The van der Waals surface area contributed by atoms with Crippen LogP contribution in [0.5, 0.6) is 0 Å². The monoisotopic (exact) mass is 738 g/mol. The van der Waals surface area contributed by atoms with E-state index >= 15 is 0 Å². The fraction of sp³-hybridized carbons (Fsp3) is 0.512. The first-order valence-corrected chi connectivity index (χ1v) is 17.9. The second-order valence-electron chi connectivity index (χ2n) is 13.3. The van der Waals surface area contributed by atoms with E-state index in [1.54, 1.807) is 0 Å². The average molecular weight is 739 g/mol. The van der Waals surface area contributed by atoms with Crippen molar-refractivity contribution in [3.8, 4) is 0 Å². The van der Waals surface area contributed by atoms with Crippen LogP contribution in [-0.4, -0.2) is 86.5 Å².